The minimum Gasteiger partial charge on any atom is -0.493 e. The number of anilines is 1. The number of carbonyl (C=O) groups excluding carboxylic acids is 1. The van der Waals surface area contributed by atoms with Gasteiger partial charge in [0.05, 0.1) is 6.61 Å². The van der Waals surface area contributed by atoms with Crippen molar-refractivity contribution >= 4 is 11.7 Å². The number of nitrogens with zero attached hydrogens (tertiary/aromatic N) is 3. The number of aromatic nitrogens is 1. The van der Waals surface area contributed by atoms with Crippen LogP contribution in [0.3, 0.4) is 0 Å². The third-order valence-electron chi connectivity index (χ3n) is 6.12. The van der Waals surface area contributed by atoms with Gasteiger partial charge in [-0.25, -0.2) is 4.98 Å². The molecule has 2 aliphatic rings. The second kappa shape index (κ2) is 9.29. The van der Waals surface area contributed by atoms with Crippen LogP contribution in [0.25, 0.3) is 0 Å². The summed E-state index contributed by atoms with van der Waals surface area (Å²) in [5.41, 5.74) is 0.748. The Morgan fingerprint density at radius 1 is 1.10 bits per heavy atom. The van der Waals surface area contributed by atoms with Gasteiger partial charge in [-0.3, -0.25) is 4.79 Å². The number of piperidine rings is 2. The van der Waals surface area contributed by atoms with E-state index in [-0.39, 0.29) is 5.91 Å². The van der Waals surface area contributed by atoms with Gasteiger partial charge in [0.15, 0.2) is 0 Å². The van der Waals surface area contributed by atoms with Crippen molar-refractivity contribution in [1.29, 1.82) is 0 Å². The highest BCUT2D eigenvalue weighted by Crippen LogP contribution is 2.25. The Labute approximate surface area is 173 Å². The van der Waals surface area contributed by atoms with Crippen LogP contribution in [-0.4, -0.2) is 48.1 Å². The molecule has 0 spiro atoms. The molecule has 0 saturated carbocycles. The standard InChI is InChI=1S/C24H31N3O2/c1-19-8-5-6-15-27(19)23-16-21(12-13-25-23)24(28)26-14-7-9-20(17-26)18-29-22-10-3-2-4-11-22/h2-4,10-13,16,19-20H,5-9,14-15,17-18H2,1H3. The highest BCUT2D eigenvalue weighted by molar-refractivity contribution is 5.95. The van der Waals surface area contributed by atoms with E-state index >= 15 is 0 Å². The molecule has 0 N–H and O–H groups in total. The van der Waals surface area contributed by atoms with Gasteiger partial charge in [0, 0.05) is 43.4 Å². The van der Waals surface area contributed by atoms with Crippen LogP contribution < -0.4 is 9.64 Å². The van der Waals surface area contributed by atoms with Gasteiger partial charge in [0.25, 0.3) is 5.91 Å². The number of pyridine rings is 1. The van der Waals surface area contributed by atoms with Crippen molar-refractivity contribution in [3.63, 3.8) is 0 Å². The highest BCUT2D eigenvalue weighted by Gasteiger charge is 2.26. The SMILES string of the molecule is CC1CCCCN1c1cc(C(=O)N2CCCC(COc3ccccc3)C2)ccn1. The number of hydrogen-bond acceptors (Lipinski definition) is 4. The minimum absolute atomic E-state index is 0.114. The summed E-state index contributed by atoms with van der Waals surface area (Å²) in [7, 11) is 0. The van der Waals surface area contributed by atoms with Crippen molar-refractivity contribution in [3.05, 3.63) is 54.2 Å². The molecule has 1 aromatic carbocycles. The van der Waals surface area contributed by atoms with Crippen LogP contribution >= 0.6 is 0 Å². The molecule has 0 radical (unpaired) electrons. The molecule has 154 valence electrons. The molecule has 2 saturated heterocycles. The van der Waals surface area contributed by atoms with Crippen molar-refractivity contribution in [1.82, 2.24) is 9.88 Å². The lowest BCUT2D eigenvalue weighted by Crippen LogP contribution is -2.42. The summed E-state index contributed by atoms with van der Waals surface area (Å²) in [5.74, 6) is 2.31. The summed E-state index contributed by atoms with van der Waals surface area (Å²) in [6.45, 7) is 5.49. The van der Waals surface area contributed by atoms with Crippen LogP contribution in [0.1, 0.15) is 49.4 Å². The van der Waals surface area contributed by atoms with Crippen molar-refractivity contribution in [2.24, 2.45) is 5.92 Å². The molecule has 29 heavy (non-hydrogen) atoms. The Kier molecular flexibility index (Phi) is 6.33. The molecule has 2 aromatic rings. The summed E-state index contributed by atoms with van der Waals surface area (Å²) in [5, 5.41) is 0. The number of benzene rings is 1. The molecule has 4 rings (SSSR count). The Morgan fingerprint density at radius 3 is 2.79 bits per heavy atom. The zero-order valence-corrected chi connectivity index (χ0v) is 17.3. The lowest BCUT2D eigenvalue weighted by Gasteiger charge is -2.35. The molecule has 2 aliphatic heterocycles. The number of amides is 1. The lowest BCUT2D eigenvalue weighted by molar-refractivity contribution is 0.0633. The lowest BCUT2D eigenvalue weighted by atomic mass is 9.98. The Hall–Kier alpha value is -2.56. The zero-order valence-electron chi connectivity index (χ0n) is 17.3. The summed E-state index contributed by atoms with van der Waals surface area (Å²) in [6.07, 6.45) is 7.56. The maximum absolute atomic E-state index is 13.2. The average Bonchev–Trinajstić information content (AvgIpc) is 2.78. The van der Waals surface area contributed by atoms with E-state index in [1.54, 1.807) is 6.20 Å². The van der Waals surface area contributed by atoms with Crippen LogP contribution in [0.15, 0.2) is 48.7 Å². The van der Waals surface area contributed by atoms with Crippen molar-refractivity contribution in [2.75, 3.05) is 31.1 Å². The van der Waals surface area contributed by atoms with E-state index < -0.39 is 0 Å². The molecule has 1 amide bonds. The first-order valence-electron chi connectivity index (χ1n) is 10.9. The predicted octanol–water partition coefficient (Wildman–Crippen LogP) is 4.39. The van der Waals surface area contributed by atoms with Crippen LogP contribution in [0.4, 0.5) is 5.82 Å². The van der Waals surface area contributed by atoms with Gasteiger partial charge in [-0.05, 0) is 63.3 Å². The number of ether oxygens (including phenoxy) is 1. The summed E-state index contributed by atoms with van der Waals surface area (Å²) in [4.78, 5) is 22.1. The van der Waals surface area contributed by atoms with E-state index in [2.05, 4.69) is 16.8 Å². The number of hydrogen-bond donors (Lipinski definition) is 0. The van der Waals surface area contributed by atoms with E-state index in [1.807, 2.05) is 47.4 Å². The molecule has 1 aromatic heterocycles. The van der Waals surface area contributed by atoms with Crippen molar-refractivity contribution in [3.8, 4) is 5.75 Å². The zero-order chi connectivity index (χ0) is 20.1. The predicted molar refractivity (Wildman–Crippen MR) is 115 cm³/mol. The number of rotatable bonds is 5. The quantitative estimate of drug-likeness (QED) is 0.756. The second-order valence-corrected chi connectivity index (χ2v) is 8.32. The van der Waals surface area contributed by atoms with E-state index in [4.69, 9.17) is 4.74 Å². The third-order valence-corrected chi connectivity index (χ3v) is 6.12. The largest absolute Gasteiger partial charge is 0.493 e. The van der Waals surface area contributed by atoms with Crippen molar-refractivity contribution in [2.45, 2.75) is 45.1 Å². The molecule has 0 aliphatic carbocycles. The number of likely N-dealkylation sites (tertiary alicyclic amines) is 1. The van der Waals surface area contributed by atoms with E-state index in [1.165, 1.54) is 19.3 Å². The van der Waals surface area contributed by atoms with E-state index in [0.717, 1.165) is 49.6 Å². The second-order valence-electron chi connectivity index (χ2n) is 8.32. The maximum atomic E-state index is 13.2. The van der Waals surface area contributed by atoms with Gasteiger partial charge in [0.2, 0.25) is 0 Å². The van der Waals surface area contributed by atoms with Gasteiger partial charge in [-0.1, -0.05) is 18.2 Å². The van der Waals surface area contributed by atoms with Gasteiger partial charge in [0.1, 0.15) is 11.6 Å². The molecule has 5 nitrogen and oxygen atoms in total. The molecule has 5 heteroatoms. The number of carbonyl (C=O) groups is 1. The Bertz CT molecular complexity index is 811. The Morgan fingerprint density at radius 2 is 1.97 bits per heavy atom. The molecular formula is C24H31N3O2. The number of para-hydroxylation sites is 1. The summed E-state index contributed by atoms with van der Waals surface area (Å²) < 4.78 is 5.93. The first kappa shape index (κ1) is 19.7. The van der Waals surface area contributed by atoms with Gasteiger partial charge in [-0.15, -0.1) is 0 Å². The third kappa shape index (κ3) is 4.89. The fourth-order valence-electron chi connectivity index (χ4n) is 4.45. The Balaban J connectivity index is 1.39. The summed E-state index contributed by atoms with van der Waals surface area (Å²) in [6, 6.07) is 14.2. The van der Waals surface area contributed by atoms with Crippen LogP contribution in [0.2, 0.25) is 0 Å². The molecule has 2 fully saturated rings. The highest BCUT2D eigenvalue weighted by atomic mass is 16.5. The van der Waals surface area contributed by atoms with Gasteiger partial charge < -0.3 is 14.5 Å². The normalized spacial score (nSPS) is 22.4. The average molecular weight is 394 g/mol. The first-order chi connectivity index (χ1) is 14.2. The fourth-order valence-corrected chi connectivity index (χ4v) is 4.45. The molecule has 3 heterocycles. The van der Waals surface area contributed by atoms with Gasteiger partial charge >= 0.3 is 0 Å². The molecule has 2 unspecified atom stereocenters. The first-order valence-corrected chi connectivity index (χ1v) is 10.9. The van der Waals surface area contributed by atoms with E-state index in [0.29, 0.717) is 18.6 Å². The summed E-state index contributed by atoms with van der Waals surface area (Å²) >= 11 is 0. The van der Waals surface area contributed by atoms with Crippen LogP contribution in [-0.2, 0) is 0 Å². The van der Waals surface area contributed by atoms with E-state index in [9.17, 15) is 4.79 Å². The maximum Gasteiger partial charge on any atom is 0.254 e. The molecule has 0 bridgehead atoms. The smallest absolute Gasteiger partial charge is 0.254 e. The fraction of sp³-hybridized carbons (Fsp3) is 0.500. The van der Waals surface area contributed by atoms with Crippen molar-refractivity contribution < 1.29 is 9.53 Å². The van der Waals surface area contributed by atoms with Crippen LogP contribution in [0.5, 0.6) is 5.75 Å². The monoisotopic (exact) mass is 393 g/mol. The van der Waals surface area contributed by atoms with Gasteiger partial charge in [-0.2, -0.15) is 0 Å². The molecule has 2 atom stereocenters. The van der Waals surface area contributed by atoms with Crippen LogP contribution in [0, 0.1) is 5.92 Å². The minimum atomic E-state index is 0.114. The molecular weight excluding hydrogens is 362 g/mol. The topological polar surface area (TPSA) is 45.7 Å².